The van der Waals surface area contributed by atoms with Crippen LogP contribution in [0, 0.1) is 6.92 Å². The van der Waals surface area contributed by atoms with E-state index in [1.165, 1.54) is 0 Å². The molecule has 1 aliphatic heterocycles. The predicted octanol–water partition coefficient (Wildman–Crippen LogP) is 3.71. The van der Waals surface area contributed by atoms with E-state index in [1.54, 1.807) is 13.1 Å². The van der Waals surface area contributed by atoms with Gasteiger partial charge < -0.3 is 20.1 Å². The van der Waals surface area contributed by atoms with E-state index in [9.17, 15) is 0 Å². The topological polar surface area (TPSA) is 68.3 Å². The number of anilines is 3. The highest BCUT2D eigenvalue weighted by molar-refractivity contribution is 9.10. The smallest absolute Gasteiger partial charge is 0.231 e. The molecule has 2 heterocycles. The highest BCUT2D eigenvalue weighted by atomic mass is 79.9. The molecule has 0 unspecified atom stereocenters. The Morgan fingerprint density at radius 2 is 2.10 bits per heavy atom. The van der Waals surface area contributed by atoms with Crippen molar-refractivity contribution in [2.75, 3.05) is 24.5 Å². The zero-order valence-electron chi connectivity index (χ0n) is 11.3. The standard InChI is InChI=1S/C13H12BrClN4O2/c1-6-3-9(16-2)19-13(17-6)18-7-4-8-12(21-5-20-8)10(14)11(7)15/h3-4H,5H2,1-2H3,(H2,16,17,18,19). The molecule has 3 rings (SSSR count). The van der Waals surface area contributed by atoms with Crippen molar-refractivity contribution in [2.45, 2.75) is 6.92 Å². The van der Waals surface area contributed by atoms with Gasteiger partial charge >= 0.3 is 0 Å². The van der Waals surface area contributed by atoms with Gasteiger partial charge in [-0.3, -0.25) is 0 Å². The van der Waals surface area contributed by atoms with Crippen LogP contribution in [-0.2, 0) is 0 Å². The van der Waals surface area contributed by atoms with E-state index >= 15 is 0 Å². The van der Waals surface area contributed by atoms with Crippen LogP contribution in [0.15, 0.2) is 16.6 Å². The summed E-state index contributed by atoms with van der Waals surface area (Å²) in [6.45, 7) is 2.07. The zero-order chi connectivity index (χ0) is 15.0. The van der Waals surface area contributed by atoms with Crippen molar-refractivity contribution in [3.05, 3.63) is 27.3 Å². The summed E-state index contributed by atoms with van der Waals surface area (Å²) in [5, 5.41) is 6.56. The Morgan fingerprint density at radius 1 is 1.29 bits per heavy atom. The van der Waals surface area contributed by atoms with Crippen LogP contribution in [0.1, 0.15) is 5.69 Å². The third-order valence-electron chi connectivity index (χ3n) is 2.90. The molecule has 2 N–H and O–H groups in total. The SMILES string of the molecule is CNc1cc(C)nc(Nc2cc3c(c(Br)c2Cl)OCO3)n1. The number of fused-ring (bicyclic) bond motifs is 1. The Kier molecular flexibility index (Phi) is 3.77. The molecule has 0 spiro atoms. The van der Waals surface area contributed by atoms with Gasteiger partial charge in [-0.15, -0.1) is 0 Å². The maximum atomic E-state index is 6.32. The monoisotopic (exact) mass is 370 g/mol. The molecular formula is C13H12BrClN4O2. The van der Waals surface area contributed by atoms with Gasteiger partial charge in [0, 0.05) is 24.9 Å². The quantitative estimate of drug-likeness (QED) is 0.857. The summed E-state index contributed by atoms with van der Waals surface area (Å²) >= 11 is 9.73. The molecule has 21 heavy (non-hydrogen) atoms. The highest BCUT2D eigenvalue weighted by Gasteiger charge is 2.22. The third-order valence-corrected chi connectivity index (χ3v) is 4.28. The molecule has 0 bridgehead atoms. The number of rotatable bonds is 3. The number of halogens is 2. The summed E-state index contributed by atoms with van der Waals surface area (Å²) in [5.74, 6) is 2.40. The molecule has 1 aliphatic rings. The lowest BCUT2D eigenvalue weighted by atomic mass is 10.2. The fourth-order valence-corrected chi connectivity index (χ4v) is 2.65. The zero-order valence-corrected chi connectivity index (χ0v) is 13.7. The first-order chi connectivity index (χ1) is 10.1. The molecule has 0 amide bonds. The van der Waals surface area contributed by atoms with Crippen molar-refractivity contribution < 1.29 is 9.47 Å². The molecule has 0 atom stereocenters. The van der Waals surface area contributed by atoms with Gasteiger partial charge in [-0.2, -0.15) is 4.98 Å². The van der Waals surface area contributed by atoms with Gasteiger partial charge in [0.2, 0.25) is 12.7 Å². The van der Waals surface area contributed by atoms with E-state index in [2.05, 4.69) is 36.5 Å². The Bertz CT molecular complexity index is 711. The largest absolute Gasteiger partial charge is 0.453 e. The minimum Gasteiger partial charge on any atom is -0.453 e. The molecule has 1 aromatic heterocycles. The number of aryl methyl sites for hydroxylation is 1. The lowest BCUT2D eigenvalue weighted by Crippen LogP contribution is -2.02. The second kappa shape index (κ2) is 5.57. The summed E-state index contributed by atoms with van der Waals surface area (Å²) < 4.78 is 11.4. The lowest BCUT2D eigenvalue weighted by Gasteiger charge is -2.11. The molecule has 1 aromatic carbocycles. The van der Waals surface area contributed by atoms with E-state index in [0.717, 1.165) is 11.5 Å². The first kappa shape index (κ1) is 14.2. The first-order valence-electron chi connectivity index (χ1n) is 6.16. The Hall–Kier alpha value is -1.73. The normalized spacial score (nSPS) is 12.4. The van der Waals surface area contributed by atoms with E-state index < -0.39 is 0 Å². The van der Waals surface area contributed by atoms with E-state index in [4.69, 9.17) is 21.1 Å². The maximum absolute atomic E-state index is 6.32. The number of benzene rings is 1. The summed E-state index contributed by atoms with van der Waals surface area (Å²) in [4.78, 5) is 8.67. The number of hydrogen-bond donors (Lipinski definition) is 2. The second-order valence-electron chi connectivity index (χ2n) is 4.38. The fourth-order valence-electron chi connectivity index (χ4n) is 1.94. The highest BCUT2D eigenvalue weighted by Crippen LogP contribution is 2.47. The Balaban J connectivity index is 1.99. The van der Waals surface area contributed by atoms with Crippen molar-refractivity contribution in [3.63, 3.8) is 0 Å². The van der Waals surface area contributed by atoms with Crippen LogP contribution < -0.4 is 20.1 Å². The fraction of sp³-hybridized carbons (Fsp3) is 0.231. The number of aromatic nitrogens is 2. The molecule has 2 aromatic rings. The van der Waals surface area contributed by atoms with Crippen molar-refractivity contribution in [3.8, 4) is 11.5 Å². The molecule has 110 valence electrons. The Labute approximate surface area is 135 Å². The maximum Gasteiger partial charge on any atom is 0.231 e. The van der Waals surface area contributed by atoms with Crippen LogP contribution >= 0.6 is 27.5 Å². The van der Waals surface area contributed by atoms with Crippen LogP contribution in [0.5, 0.6) is 11.5 Å². The van der Waals surface area contributed by atoms with Crippen molar-refractivity contribution in [2.24, 2.45) is 0 Å². The minimum atomic E-state index is 0.179. The Morgan fingerprint density at radius 3 is 2.86 bits per heavy atom. The van der Waals surface area contributed by atoms with Crippen molar-refractivity contribution in [1.82, 2.24) is 9.97 Å². The van der Waals surface area contributed by atoms with Gasteiger partial charge in [-0.1, -0.05) is 11.6 Å². The lowest BCUT2D eigenvalue weighted by molar-refractivity contribution is 0.173. The van der Waals surface area contributed by atoms with Gasteiger partial charge in [-0.05, 0) is 22.9 Å². The van der Waals surface area contributed by atoms with Crippen LogP contribution in [0.2, 0.25) is 5.02 Å². The molecule has 0 saturated carbocycles. The first-order valence-corrected chi connectivity index (χ1v) is 7.33. The molecular weight excluding hydrogens is 360 g/mol. The van der Waals surface area contributed by atoms with Crippen molar-refractivity contribution in [1.29, 1.82) is 0 Å². The summed E-state index contributed by atoms with van der Waals surface area (Å²) in [6, 6.07) is 3.61. The molecule has 0 aliphatic carbocycles. The second-order valence-corrected chi connectivity index (χ2v) is 5.55. The minimum absolute atomic E-state index is 0.179. The van der Waals surface area contributed by atoms with Gasteiger partial charge in [0.15, 0.2) is 11.5 Å². The summed E-state index contributed by atoms with van der Waals surface area (Å²) in [6.07, 6.45) is 0. The summed E-state index contributed by atoms with van der Waals surface area (Å²) in [5.41, 5.74) is 1.48. The van der Waals surface area contributed by atoms with Crippen LogP contribution in [0.3, 0.4) is 0 Å². The predicted molar refractivity (Wildman–Crippen MR) is 84.9 cm³/mol. The van der Waals surface area contributed by atoms with Crippen LogP contribution in [0.4, 0.5) is 17.5 Å². The van der Waals surface area contributed by atoms with E-state index in [-0.39, 0.29) is 6.79 Å². The number of nitrogens with one attached hydrogen (secondary N) is 2. The van der Waals surface area contributed by atoms with Crippen molar-refractivity contribution >= 4 is 45.0 Å². The average Bonchev–Trinajstić information content (AvgIpc) is 2.92. The number of hydrogen-bond acceptors (Lipinski definition) is 6. The van der Waals surface area contributed by atoms with E-state index in [1.807, 2.05) is 13.0 Å². The number of ether oxygens (including phenoxy) is 2. The number of nitrogens with zero attached hydrogens (tertiary/aromatic N) is 2. The van der Waals surface area contributed by atoms with E-state index in [0.29, 0.717) is 32.6 Å². The molecule has 0 radical (unpaired) electrons. The molecule has 8 heteroatoms. The molecule has 0 fully saturated rings. The molecule has 0 saturated heterocycles. The molecule has 6 nitrogen and oxygen atoms in total. The van der Waals surface area contributed by atoms with Crippen LogP contribution in [0.25, 0.3) is 0 Å². The van der Waals surface area contributed by atoms with Crippen LogP contribution in [-0.4, -0.2) is 23.8 Å². The summed E-state index contributed by atoms with van der Waals surface area (Å²) in [7, 11) is 1.80. The third kappa shape index (κ3) is 2.71. The van der Waals surface area contributed by atoms with Gasteiger partial charge in [0.05, 0.1) is 15.2 Å². The van der Waals surface area contributed by atoms with Gasteiger partial charge in [-0.25, -0.2) is 4.98 Å². The van der Waals surface area contributed by atoms with Gasteiger partial charge in [0.1, 0.15) is 5.82 Å². The average molecular weight is 372 g/mol. The van der Waals surface area contributed by atoms with Gasteiger partial charge in [0.25, 0.3) is 0 Å².